The number of hydrogen-bond acceptors (Lipinski definition) is 7. The molecular weight excluding hydrogens is 322 g/mol. The van der Waals surface area contributed by atoms with E-state index in [1.807, 2.05) is 36.1 Å². The second-order valence-electron chi connectivity index (χ2n) is 5.20. The normalized spacial score (nSPS) is 16.0. The fraction of sp³-hybridized carbons (Fsp3) is 0.429. The smallest absolute Gasteiger partial charge is 0.234 e. The third kappa shape index (κ3) is 3.45. The van der Waals surface area contributed by atoms with Gasteiger partial charge in [-0.3, -0.25) is 0 Å². The summed E-state index contributed by atoms with van der Waals surface area (Å²) in [6.07, 6.45) is 0. The Labute approximate surface area is 133 Å². The van der Waals surface area contributed by atoms with E-state index in [1.165, 1.54) is 0 Å². The Balaban J connectivity index is 1.79. The molecule has 0 radical (unpaired) electrons. The summed E-state index contributed by atoms with van der Waals surface area (Å²) < 4.78 is 30.3. The highest BCUT2D eigenvalue weighted by molar-refractivity contribution is 7.92. The molecule has 118 valence electrons. The fourth-order valence-corrected chi connectivity index (χ4v) is 4.74. The Morgan fingerprint density at radius 2 is 2.05 bits per heavy atom. The first kappa shape index (κ1) is 15.4. The van der Waals surface area contributed by atoms with E-state index in [2.05, 4.69) is 10.2 Å². The summed E-state index contributed by atoms with van der Waals surface area (Å²) in [6.45, 7) is 4.63. The highest BCUT2D eigenvalue weighted by atomic mass is 32.2. The molecule has 0 aliphatic carbocycles. The number of nitrogens with zero attached hydrogens (tertiary/aromatic N) is 3. The lowest BCUT2D eigenvalue weighted by Crippen LogP contribution is -2.36. The maximum atomic E-state index is 12.5. The van der Waals surface area contributed by atoms with Gasteiger partial charge in [0.05, 0.1) is 19.0 Å². The summed E-state index contributed by atoms with van der Waals surface area (Å²) in [7, 11) is -3.46. The van der Waals surface area contributed by atoms with Gasteiger partial charge in [0.2, 0.25) is 19.3 Å². The van der Waals surface area contributed by atoms with Crippen molar-refractivity contribution in [1.82, 2.24) is 10.2 Å². The minimum Gasteiger partial charge on any atom is -0.378 e. The number of benzene rings is 1. The molecule has 0 saturated carbocycles. The lowest BCUT2D eigenvalue weighted by atomic mass is 10.2. The maximum absolute atomic E-state index is 12.5. The molecule has 0 amide bonds. The molecule has 0 unspecified atom stereocenters. The van der Waals surface area contributed by atoms with Crippen LogP contribution in [0.4, 0.5) is 5.13 Å². The van der Waals surface area contributed by atoms with Gasteiger partial charge in [-0.25, -0.2) is 8.42 Å². The number of aryl methyl sites for hydroxylation is 1. The van der Waals surface area contributed by atoms with E-state index in [0.717, 1.165) is 22.5 Å². The summed E-state index contributed by atoms with van der Waals surface area (Å²) in [5.74, 6) is -0.0492. The number of anilines is 1. The van der Waals surface area contributed by atoms with Gasteiger partial charge in [0.1, 0.15) is 0 Å². The molecule has 0 bridgehead atoms. The molecule has 1 fully saturated rings. The first-order chi connectivity index (χ1) is 10.5. The van der Waals surface area contributed by atoms with Gasteiger partial charge in [-0.2, -0.15) is 0 Å². The van der Waals surface area contributed by atoms with Crippen LogP contribution >= 0.6 is 11.3 Å². The van der Waals surface area contributed by atoms with Crippen molar-refractivity contribution in [1.29, 1.82) is 0 Å². The van der Waals surface area contributed by atoms with Crippen LogP contribution in [0.2, 0.25) is 0 Å². The summed E-state index contributed by atoms with van der Waals surface area (Å²) in [4.78, 5) is 2.01. The summed E-state index contributed by atoms with van der Waals surface area (Å²) in [5, 5.41) is 8.55. The molecule has 0 atom stereocenters. The van der Waals surface area contributed by atoms with Gasteiger partial charge in [0.15, 0.2) is 0 Å². The molecule has 0 N–H and O–H groups in total. The van der Waals surface area contributed by atoms with Crippen molar-refractivity contribution in [3.8, 4) is 0 Å². The number of morpholine rings is 1. The van der Waals surface area contributed by atoms with E-state index < -0.39 is 9.84 Å². The van der Waals surface area contributed by atoms with Gasteiger partial charge in [-0.1, -0.05) is 41.2 Å². The Bertz CT molecular complexity index is 752. The van der Waals surface area contributed by atoms with Gasteiger partial charge in [-0.15, -0.1) is 10.2 Å². The summed E-state index contributed by atoms with van der Waals surface area (Å²) in [5.41, 5.74) is 1.81. The van der Waals surface area contributed by atoms with Crippen LogP contribution in [0.25, 0.3) is 0 Å². The van der Waals surface area contributed by atoms with E-state index in [1.54, 1.807) is 0 Å². The monoisotopic (exact) mass is 339 g/mol. The van der Waals surface area contributed by atoms with Crippen molar-refractivity contribution in [3.05, 3.63) is 35.4 Å². The Morgan fingerprint density at radius 3 is 2.77 bits per heavy atom. The van der Waals surface area contributed by atoms with Crippen molar-refractivity contribution in [3.63, 3.8) is 0 Å². The topological polar surface area (TPSA) is 72.4 Å². The van der Waals surface area contributed by atoms with Crippen LogP contribution in [-0.4, -0.2) is 44.9 Å². The van der Waals surface area contributed by atoms with Crippen molar-refractivity contribution >= 4 is 26.3 Å². The predicted octanol–water partition coefficient (Wildman–Crippen LogP) is 1.66. The number of aromatic nitrogens is 2. The third-order valence-electron chi connectivity index (χ3n) is 3.38. The minimum absolute atomic E-state index is 0.0492. The molecular formula is C14H17N3O3S2. The molecule has 1 aromatic heterocycles. The van der Waals surface area contributed by atoms with E-state index in [4.69, 9.17) is 4.74 Å². The molecule has 3 rings (SSSR count). The molecule has 0 spiro atoms. The van der Waals surface area contributed by atoms with Crippen LogP contribution in [0.15, 0.2) is 28.6 Å². The second kappa shape index (κ2) is 6.31. The minimum atomic E-state index is -3.46. The van der Waals surface area contributed by atoms with Gasteiger partial charge in [-0.05, 0) is 12.5 Å². The lowest BCUT2D eigenvalue weighted by Gasteiger charge is -2.25. The Morgan fingerprint density at radius 1 is 1.27 bits per heavy atom. The van der Waals surface area contributed by atoms with Crippen LogP contribution in [0, 0.1) is 6.92 Å². The quantitative estimate of drug-likeness (QED) is 0.843. The summed E-state index contributed by atoms with van der Waals surface area (Å²) >= 11 is 1.13. The molecule has 1 aromatic carbocycles. The zero-order valence-electron chi connectivity index (χ0n) is 12.2. The van der Waals surface area contributed by atoms with Gasteiger partial charge in [0, 0.05) is 13.1 Å². The van der Waals surface area contributed by atoms with Crippen LogP contribution in [0.5, 0.6) is 0 Å². The van der Waals surface area contributed by atoms with Crippen molar-refractivity contribution in [2.24, 2.45) is 0 Å². The predicted molar refractivity (Wildman–Crippen MR) is 85.0 cm³/mol. The SMILES string of the molecule is Cc1cccc(CS(=O)(=O)c2nnc(N3CCOCC3)s2)c1. The average molecular weight is 339 g/mol. The zero-order chi connectivity index (χ0) is 15.6. The van der Waals surface area contributed by atoms with E-state index >= 15 is 0 Å². The van der Waals surface area contributed by atoms with Crippen LogP contribution in [0.3, 0.4) is 0 Å². The van der Waals surface area contributed by atoms with Gasteiger partial charge < -0.3 is 9.64 Å². The van der Waals surface area contributed by atoms with E-state index in [0.29, 0.717) is 31.4 Å². The molecule has 6 nitrogen and oxygen atoms in total. The maximum Gasteiger partial charge on any atom is 0.234 e. The Kier molecular flexibility index (Phi) is 4.42. The molecule has 1 aliphatic rings. The number of ether oxygens (including phenoxy) is 1. The molecule has 22 heavy (non-hydrogen) atoms. The molecule has 2 heterocycles. The molecule has 1 aliphatic heterocycles. The molecule has 2 aromatic rings. The van der Waals surface area contributed by atoms with Gasteiger partial charge in [0.25, 0.3) is 0 Å². The fourth-order valence-electron chi connectivity index (χ4n) is 2.29. The standard InChI is InChI=1S/C14H17N3O3S2/c1-11-3-2-4-12(9-11)10-22(18,19)14-16-15-13(21-14)17-5-7-20-8-6-17/h2-4,9H,5-8,10H2,1H3. The third-order valence-corrected chi connectivity index (χ3v) is 6.50. The van der Waals surface area contributed by atoms with E-state index in [9.17, 15) is 8.42 Å². The number of rotatable bonds is 4. The number of hydrogen-bond donors (Lipinski definition) is 0. The molecule has 1 saturated heterocycles. The Hall–Kier alpha value is -1.51. The van der Waals surface area contributed by atoms with Crippen LogP contribution in [0.1, 0.15) is 11.1 Å². The second-order valence-corrected chi connectivity index (χ2v) is 8.32. The average Bonchev–Trinajstić information content (AvgIpc) is 2.98. The summed E-state index contributed by atoms with van der Waals surface area (Å²) in [6, 6.07) is 7.49. The first-order valence-corrected chi connectivity index (χ1v) is 9.46. The van der Waals surface area contributed by atoms with Crippen molar-refractivity contribution < 1.29 is 13.2 Å². The van der Waals surface area contributed by atoms with E-state index in [-0.39, 0.29) is 10.1 Å². The van der Waals surface area contributed by atoms with Crippen LogP contribution < -0.4 is 4.90 Å². The number of sulfone groups is 1. The molecule has 8 heteroatoms. The zero-order valence-corrected chi connectivity index (χ0v) is 13.9. The first-order valence-electron chi connectivity index (χ1n) is 6.99. The lowest BCUT2D eigenvalue weighted by molar-refractivity contribution is 0.122. The van der Waals surface area contributed by atoms with Crippen molar-refractivity contribution in [2.45, 2.75) is 17.0 Å². The van der Waals surface area contributed by atoms with Gasteiger partial charge >= 0.3 is 0 Å². The largest absolute Gasteiger partial charge is 0.378 e. The highest BCUT2D eigenvalue weighted by Gasteiger charge is 2.23. The van der Waals surface area contributed by atoms with Crippen LogP contribution in [-0.2, 0) is 20.3 Å². The van der Waals surface area contributed by atoms with Crippen molar-refractivity contribution in [2.75, 3.05) is 31.2 Å². The highest BCUT2D eigenvalue weighted by Crippen LogP contribution is 2.26.